The fourth-order valence-electron chi connectivity index (χ4n) is 3.09. The van der Waals surface area contributed by atoms with E-state index in [1.807, 2.05) is 35.7 Å². The summed E-state index contributed by atoms with van der Waals surface area (Å²) in [5.74, 6) is -1.69. The second kappa shape index (κ2) is 9.61. The lowest BCUT2D eigenvalue weighted by Gasteiger charge is -2.27. The van der Waals surface area contributed by atoms with Crippen LogP contribution in [0.25, 0.3) is 11.3 Å². The molecular formula is C23H20N4O5S. The average Bonchev–Trinajstić information content (AvgIpc) is 3.29. The Morgan fingerprint density at radius 1 is 1.09 bits per heavy atom. The number of carbonyl (C=O) groups excluding carboxylic acids is 4. The number of carbonyl (C=O) groups is 4. The molecule has 3 aromatic rings. The minimum atomic E-state index is -1.05. The predicted octanol–water partition coefficient (Wildman–Crippen LogP) is 3.15. The fourth-order valence-corrected chi connectivity index (χ4v) is 3.81. The molecule has 1 atom stereocenters. The Morgan fingerprint density at radius 3 is 2.55 bits per heavy atom. The number of benzene rings is 2. The number of rotatable bonds is 6. The van der Waals surface area contributed by atoms with Crippen molar-refractivity contribution in [3.63, 3.8) is 0 Å². The second-order valence-electron chi connectivity index (χ2n) is 7.25. The molecule has 0 bridgehead atoms. The van der Waals surface area contributed by atoms with E-state index in [1.54, 1.807) is 0 Å². The van der Waals surface area contributed by atoms with Crippen LogP contribution in [0.3, 0.4) is 0 Å². The molecular weight excluding hydrogens is 444 g/mol. The lowest BCUT2D eigenvalue weighted by Crippen LogP contribution is -2.50. The van der Waals surface area contributed by atoms with Gasteiger partial charge in [0, 0.05) is 23.8 Å². The number of amides is 3. The number of nitrogens with one attached hydrogen (secondary N) is 2. The fraction of sp³-hybridized carbons (Fsp3) is 0.174. The standard InChI is InChI=1S/C23H20N4O5S/c1-14(21(30)25-23-24-18(13-33-23)15-5-3-2-4-6-15)32-22(31)16-7-9-17(10-8-16)27-20(29)12-11-19(28)26-27/h2-10,13-14H,11-12H2,1H3,(H,26,28)(H,24,25,30). The molecule has 2 heterocycles. The molecule has 4 rings (SSSR count). The average molecular weight is 465 g/mol. The van der Waals surface area contributed by atoms with E-state index < -0.39 is 18.0 Å². The number of hydrazine groups is 1. The van der Waals surface area contributed by atoms with E-state index in [0.717, 1.165) is 16.3 Å². The molecule has 1 aliphatic heterocycles. The molecule has 2 N–H and O–H groups in total. The molecule has 1 unspecified atom stereocenters. The number of esters is 1. The zero-order valence-corrected chi connectivity index (χ0v) is 18.4. The summed E-state index contributed by atoms with van der Waals surface area (Å²) < 4.78 is 5.26. The highest BCUT2D eigenvalue weighted by atomic mass is 32.1. The van der Waals surface area contributed by atoms with Crippen LogP contribution in [0.4, 0.5) is 10.8 Å². The third-order valence-corrected chi connectivity index (χ3v) is 5.63. The summed E-state index contributed by atoms with van der Waals surface area (Å²) in [7, 11) is 0. The van der Waals surface area contributed by atoms with Crippen molar-refractivity contribution in [1.82, 2.24) is 10.4 Å². The largest absolute Gasteiger partial charge is 0.449 e. The molecule has 0 radical (unpaired) electrons. The minimum absolute atomic E-state index is 0.119. The number of hydrogen-bond acceptors (Lipinski definition) is 7. The Bertz CT molecular complexity index is 1190. The van der Waals surface area contributed by atoms with Gasteiger partial charge in [0.1, 0.15) is 0 Å². The van der Waals surface area contributed by atoms with Gasteiger partial charge in [-0.15, -0.1) is 11.3 Å². The summed E-state index contributed by atoms with van der Waals surface area (Å²) in [4.78, 5) is 52.8. The summed E-state index contributed by atoms with van der Waals surface area (Å²) in [6.07, 6.45) is -0.785. The topological polar surface area (TPSA) is 118 Å². The Hall–Kier alpha value is -4.05. The quantitative estimate of drug-likeness (QED) is 0.541. The molecule has 168 valence electrons. The molecule has 0 aliphatic carbocycles. The summed E-state index contributed by atoms with van der Waals surface area (Å²) in [6, 6.07) is 15.5. The smallest absolute Gasteiger partial charge is 0.338 e. The zero-order valence-electron chi connectivity index (χ0n) is 17.6. The van der Waals surface area contributed by atoms with E-state index in [2.05, 4.69) is 15.7 Å². The van der Waals surface area contributed by atoms with E-state index in [4.69, 9.17) is 4.74 Å². The van der Waals surface area contributed by atoms with Gasteiger partial charge >= 0.3 is 5.97 Å². The molecule has 1 saturated heterocycles. The van der Waals surface area contributed by atoms with Gasteiger partial charge in [0.05, 0.1) is 16.9 Å². The molecule has 3 amide bonds. The lowest BCUT2D eigenvalue weighted by molar-refractivity contribution is -0.130. The van der Waals surface area contributed by atoms with Crippen molar-refractivity contribution in [2.24, 2.45) is 0 Å². The maximum absolute atomic E-state index is 12.4. The maximum Gasteiger partial charge on any atom is 0.338 e. The maximum atomic E-state index is 12.4. The molecule has 1 aromatic heterocycles. The van der Waals surface area contributed by atoms with Crippen molar-refractivity contribution >= 4 is 45.8 Å². The first-order valence-corrected chi connectivity index (χ1v) is 11.0. The Balaban J connectivity index is 1.34. The van der Waals surface area contributed by atoms with Gasteiger partial charge in [0.25, 0.3) is 5.91 Å². The van der Waals surface area contributed by atoms with E-state index in [-0.39, 0.29) is 30.2 Å². The highest BCUT2D eigenvalue weighted by molar-refractivity contribution is 7.14. The number of aromatic nitrogens is 1. The highest BCUT2D eigenvalue weighted by Crippen LogP contribution is 2.25. The molecule has 0 saturated carbocycles. The summed E-state index contributed by atoms with van der Waals surface area (Å²) in [6.45, 7) is 1.47. The first kappa shape index (κ1) is 22.2. The van der Waals surface area contributed by atoms with Crippen molar-refractivity contribution in [2.75, 3.05) is 10.3 Å². The third kappa shape index (κ3) is 5.24. The van der Waals surface area contributed by atoms with Crippen molar-refractivity contribution in [1.29, 1.82) is 0 Å². The third-order valence-electron chi connectivity index (χ3n) is 4.87. The van der Waals surface area contributed by atoms with Crippen molar-refractivity contribution in [3.05, 3.63) is 65.5 Å². The van der Waals surface area contributed by atoms with Gasteiger partial charge in [-0.25, -0.2) is 14.8 Å². The second-order valence-corrected chi connectivity index (χ2v) is 8.11. The number of thiazole rings is 1. The van der Waals surface area contributed by atoms with Gasteiger partial charge in [-0.2, -0.15) is 0 Å². The molecule has 9 nitrogen and oxygen atoms in total. The van der Waals surface area contributed by atoms with Crippen LogP contribution >= 0.6 is 11.3 Å². The Kier molecular flexibility index (Phi) is 6.45. The van der Waals surface area contributed by atoms with Gasteiger partial charge in [0.2, 0.25) is 11.8 Å². The van der Waals surface area contributed by atoms with E-state index in [1.165, 1.54) is 42.5 Å². The number of anilines is 2. The van der Waals surface area contributed by atoms with Crippen molar-refractivity contribution < 1.29 is 23.9 Å². The van der Waals surface area contributed by atoms with Crippen LogP contribution in [0, 0.1) is 0 Å². The normalized spacial score (nSPS) is 14.4. The first-order valence-electron chi connectivity index (χ1n) is 10.2. The SMILES string of the molecule is CC(OC(=O)c1ccc(N2NC(=O)CCC2=O)cc1)C(=O)Nc1nc(-c2ccccc2)cs1. The van der Waals surface area contributed by atoms with Gasteiger partial charge in [-0.1, -0.05) is 30.3 Å². The molecule has 0 spiro atoms. The van der Waals surface area contributed by atoms with Crippen molar-refractivity contribution in [3.8, 4) is 11.3 Å². The molecule has 1 aliphatic rings. The monoisotopic (exact) mass is 464 g/mol. The first-order chi connectivity index (χ1) is 15.9. The summed E-state index contributed by atoms with van der Waals surface area (Å²) in [5, 5.41) is 6.04. The summed E-state index contributed by atoms with van der Waals surface area (Å²) in [5.41, 5.74) is 4.79. The van der Waals surface area contributed by atoms with Crippen LogP contribution in [0.5, 0.6) is 0 Å². The summed E-state index contributed by atoms with van der Waals surface area (Å²) >= 11 is 1.28. The van der Waals surface area contributed by atoms with Crippen LogP contribution in [0.1, 0.15) is 30.1 Å². The Morgan fingerprint density at radius 2 is 1.82 bits per heavy atom. The van der Waals surface area contributed by atoms with Gasteiger partial charge < -0.3 is 4.74 Å². The van der Waals surface area contributed by atoms with Crippen LogP contribution in [0.15, 0.2) is 60.0 Å². The number of ether oxygens (including phenoxy) is 1. The van der Waals surface area contributed by atoms with E-state index >= 15 is 0 Å². The minimum Gasteiger partial charge on any atom is -0.449 e. The Labute approximate surface area is 193 Å². The van der Waals surface area contributed by atoms with Gasteiger partial charge in [-0.3, -0.25) is 25.1 Å². The lowest BCUT2D eigenvalue weighted by atomic mass is 10.1. The van der Waals surface area contributed by atoms with Crippen molar-refractivity contribution in [2.45, 2.75) is 25.9 Å². The molecule has 1 fully saturated rings. The highest BCUT2D eigenvalue weighted by Gasteiger charge is 2.25. The predicted molar refractivity (Wildman–Crippen MR) is 122 cm³/mol. The van der Waals surface area contributed by atoms with Crippen LogP contribution < -0.4 is 15.8 Å². The van der Waals surface area contributed by atoms with E-state index in [9.17, 15) is 19.2 Å². The molecule has 33 heavy (non-hydrogen) atoms. The van der Waals surface area contributed by atoms with Gasteiger partial charge in [0.15, 0.2) is 11.2 Å². The zero-order chi connectivity index (χ0) is 23.4. The molecule has 2 aromatic carbocycles. The van der Waals surface area contributed by atoms with Gasteiger partial charge in [-0.05, 0) is 31.2 Å². The number of hydrogen-bond donors (Lipinski definition) is 2. The van der Waals surface area contributed by atoms with E-state index in [0.29, 0.717) is 10.8 Å². The van der Waals surface area contributed by atoms with Crippen LogP contribution in [-0.4, -0.2) is 34.8 Å². The van der Waals surface area contributed by atoms with Crippen LogP contribution in [0.2, 0.25) is 0 Å². The molecule has 10 heteroatoms. The van der Waals surface area contributed by atoms with Crippen LogP contribution in [-0.2, 0) is 19.1 Å². The number of nitrogens with zero attached hydrogens (tertiary/aromatic N) is 2.